The molecule has 0 aliphatic rings. The van der Waals surface area contributed by atoms with Gasteiger partial charge in [-0.25, -0.2) is 4.39 Å². The summed E-state index contributed by atoms with van der Waals surface area (Å²) in [7, 11) is 1.58. The molecule has 7 heteroatoms. The van der Waals surface area contributed by atoms with Crippen LogP contribution in [0.3, 0.4) is 0 Å². The van der Waals surface area contributed by atoms with Crippen LogP contribution in [0, 0.1) is 5.82 Å². The predicted octanol–water partition coefficient (Wildman–Crippen LogP) is 4.88. The van der Waals surface area contributed by atoms with Gasteiger partial charge in [-0.15, -0.1) is 0 Å². The summed E-state index contributed by atoms with van der Waals surface area (Å²) < 4.78 is 20.3. The molecule has 3 aromatic rings. The average Bonchev–Trinajstić information content (AvgIpc) is 3.17. The van der Waals surface area contributed by atoms with E-state index in [-0.39, 0.29) is 30.6 Å². The Hall–Kier alpha value is -2.93. The zero-order valence-corrected chi connectivity index (χ0v) is 17.4. The normalized spacial score (nSPS) is 10.6. The van der Waals surface area contributed by atoms with Crippen molar-refractivity contribution in [2.24, 2.45) is 0 Å². The van der Waals surface area contributed by atoms with Crippen molar-refractivity contribution < 1.29 is 18.4 Å². The molecular formula is C22H20BrFN2O3. The second-order valence-corrected chi connectivity index (χ2v) is 7.38. The maximum Gasteiger partial charge on any atom is 0.244 e. The van der Waals surface area contributed by atoms with Crippen LogP contribution < -0.4 is 5.32 Å². The number of aryl methyl sites for hydroxylation is 1. The minimum Gasteiger partial charge on any atom is -0.461 e. The fourth-order valence-electron chi connectivity index (χ4n) is 2.79. The van der Waals surface area contributed by atoms with Crippen LogP contribution >= 0.6 is 15.9 Å². The van der Waals surface area contributed by atoms with Crippen LogP contribution in [0.2, 0.25) is 0 Å². The Balaban J connectivity index is 1.51. The van der Waals surface area contributed by atoms with Gasteiger partial charge in [0.1, 0.15) is 17.3 Å². The minimum atomic E-state index is -0.361. The lowest BCUT2D eigenvalue weighted by atomic mass is 10.1. The Labute approximate surface area is 176 Å². The number of anilines is 1. The Bertz CT molecular complexity index is 1020. The molecule has 0 saturated heterocycles. The molecule has 0 atom stereocenters. The van der Waals surface area contributed by atoms with Crippen molar-refractivity contribution in [3.05, 3.63) is 76.7 Å². The lowest BCUT2D eigenvalue weighted by Crippen LogP contribution is -2.35. The first kappa shape index (κ1) is 20.8. The monoisotopic (exact) mass is 458 g/mol. The molecule has 3 rings (SSSR count). The second-order valence-electron chi connectivity index (χ2n) is 6.52. The van der Waals surface area contributed by atoms with E-state index in [0.29, 0.717) is 29.2 Å². The molecule has 150 valence electrons. The summed E-state index contributed by atoms with van der Waals surface area (Å²) >= 11 is 3.36. The maximum absolute atomic E-state index is 13.8. The van der Waals surface area contributed by atoms with E-state index >= 15 is 0 Å². The third kappa shape index (κ3) is 5.54. The van der Waals surface area contributed by atoms with Crippen molar-refractivity contribution >= 4 is 33.4 Å². The molecular weight excluding hydrogens is 439 g/mol. The number of likely N-dealkylation sites (N-methyl/N-ethyl adjacent to an activating group) is 1. The number of rotatable bonds is 7. The summed E-state index contributed by atoms with van der Waals surface area (Å²) in [5.41, 5.74) is 1.03. The first-order chi connectivity index (χ1) is 13.9. The van der Waals surface area contributed by atoms with E-state index in [1.54, 1.807) is 43.4 Å². The van der Waals surface area contributed by atoms with Crippen LogP contribution in [0.5, 0.6) is 0 Å². The Morgan fingerprint density at radius 3 is 2.55 bits per heavy atom. The molecule has 2 amide bonds. The van der Waals surface area contributed by atoms with Crippen molar-refractivity contribution in [2.75, 3.05) is 18.9 Å². The highest BCUT2D eigenvalue weighted by Crippen LogP contribution is 2.25. The van der Waals surface area contributed by atoms with Gasteiger partial charge in [-0.2, -0.15) is 0 Å². The molecule has 29 heavy (non-hydrogen) atoms. The van der Waals surface area contributed by atoms with Gasteiger partial charge in [-0.1, -0.05) is 24.3 Å². The van der Waals surface area contributed by atoms with Crippen molar-refractivity contribution in [1.82, 2.24) is 4.90 Å². The number of nitrogens with one attached hydrogen (secondary N) is 1. The summed E-state index contributed by atoms with van der Waals surface area (Å²) in [6.07, 6.45) is 0.548. The second kappa shape index (κ2) is 9.52. The minimum absolute atomic E-state index is 0.0567. The SMILES string of the molecule is CN(CC(=O)Nc1ccccc1Br)C(=O)CCc1ccc(-c2ccccc2F)o1. The van der Waals surface area contributed by atoms with Crippen LogP contribution in [0.25, 0.3) is 11.3 Å². The number of carbonyl (C=O) groups excluding carboxylic acids is 2. The molecule has 0 radical (unpaired) electrons. The first-order valence-electron chi connectivity index (χ1n) is 9.06. The highest BCUT2D eigenvalue weighted by Gasteiger charge is 2.15. The number of para-hydroxylation sites is 1. The largest absolute Gasteiger partial charge is 0.461 e. The van der Waals surface area contributed by atoms with E-state index in [1.165, 1.54) is 11.0 Å². The number of amides is 2. The molecule has 0 aliphatic carbocycles. The molecule has 0 saturated carbocycles. The van der Waals surface area contributed by atoms with Crippen molar-refractivity contribution in [3.63, 3.8) is 0 Å². The van der Waals surface area contributed by atoms with Crippen LogP contribution in [0.15, 0.2) is 69.6 Å². The zero-order chi connectivity index (χ0) is 20.8. The lowest BCUT2D eigenvalue weighted by Gasteiger charge is -2.17. The molecule has 1 N–H and O–H groups in total. The molecule has 1 aromatic heterocycles. The third-order valence-corrected chi connectivity index (χ3v) is 5.03. The Morgan fingerprint density at radius 2 is 1.79 bits per heavy atom. The predicted molar refractivity (Wildman–Crippen MR) is 113 cm³/mol. The van der Waals surface area contributed by atoms with Gasteiger partial charge in [0.15, 0.2) is 0 Å². The van der Waals surface area contributed by atoms with E-state index in [1.807, 2.05) is 18.2 Å². The Morgan fingerprint density at radius 1 is 1.07 bits per heavy atom. The number of carbonyl (C=O) groups is 2. The summed E-state index contributed by atoms with van der Waals surface area (Å²) in [5.74, 6) is 0.179. The quantitative estimate of drug-likeness (QED) is 0.548. The maximum atomic E-state index is 13.8. The topological polar surface area (TPSA) is 62.6 Å². The fraction of sp³-hybridized carbons (Fsp3) is 0.182. The van der Waals surface area contributed by atoms with Crippen molar-refractivity contribution in [1.29, 1.82) is 0 Å². The van der Waals surface area contributed by atoms with E-state index in [4.69, 9.17) is 4.42 Å². The van der Waals surface area contributed by atoms with E-state index < -0.39 is 0 Å². The molecule has 5 nitrogen and oxygen atoms in total. The van der Waals surface area contributed by atoms with Gasteiger partial charge < -0.3 is 14.6 Å². The summed E-state index contributed by atoms with van der Waals surface area (Å²) in [6.45, 7) is -0.0567. The fourth-order valence-corrected chi connectivity index (χ4v) is 3.18. The molecule has 2 aromatic carbocycles. The standard InChI is InChI=1S/C22H20BrFN2O3/c1-26(14-21(27)25-19-9-5-3-7-17(19)23)22(28)13-11-15-10-12-20(29-15)16-6-2-4-8-18(16)24/h2-10,12H,11,13-14H2,1H3,(H,25,27). The summed E-state index contributed by atoms with van der Waals surface area (Å²) in [6, 6.07) is 17.0. The summed E-state index contributed by atoms with van der Waals surface area (Å²) in [5, 5.41) is 2.76. The number of halogens is 2. The number of hydrogen-bond donors (Lipinski definition) is 1. The van der Waals surface area contributed by atoms with Gasteiger partial charge in [-0.3, -0.25) is 9.59 Å². The lowest BCUT2D eigenvalue weighted by molar-refractivity contribution is -0.133. The average molecular weight is 459 g/mol. The number of nitrogens with zero attached hydrogens (tertiary/aromatic N) is 1. The van der Waals surface area contributed by atoms with Crippen LogP contribution in [0.1, 0.15) is 12.2 Å². The number of benzene rings is 2. The van der Waals surface area contributed by atoms with E-state index in [0.717, 1.165) is 4.47 Å². The van der Waals surface area contributed by atoms with Crippen molar-refractivity contribution in [2.45, 2.75) is 12.8 Å². The molecule has 0 aliphatic heterocycles. The highest BCUT2D eigenvalue weighted by atomic mass is 79.9. The molecule has 1 heterocycles. The van der Waals surface area contributed by atoms with Gasteiger partial charge in [0, 0.05) is 24.4 Å². The van der Waals surface area contributed by atoms with Gasteiger partial charge in [0.2, 0.25) is 11.8 Å². The van der Waals surface area contributed by atoms with Crippen LogP contribution in [0.4, 0.5) is 10.1 Å². The first-order valence-corrected chi connectivity index (χ1v) is 9.85. The molecule has 0 spiro atoms. The number of hydrogen-bond acceptors (Lipinski definition) is 3. The number of furan rings is 1. The molecule has 0 bridgehead atoms. The van der Waals surface area contributed by atoms with E-state index in [2.05, 4.69) is 21.2 Å². The van der Waals surface area contributed by atoms with Gasteiger partial charge >= 0.3 is 0 Å². The highest BCUT2D eigenvalue weighted by molar-refractivity contribution is 9.10. The van der Waals surface area contributed by atoms with Gasteiger partial charge in [-0.05, 0) is 52.3 Å². The Kier molecular flexibility index (Phi) is 6.82. The van der Waals surface area contributed by atoms with Crippen LogP contribution in [-0.2, 0) is 16.0 Å². The smallest absolute Gasteiger partial charge is 0.244 e. The van der Waals surface area contributed by atoms with Crippen molar-refractivity contribution in [3.8, 4) is 11.3 Å². The van der Waals surface area contributed by atoms with E-state index in [9.17, 15) is 14.0 Å². The molecule has 0 fully saturated rings. The van der Waals surface area contributed by atoms with Gasteiger partial charge in [0.05, 0.1) is 17.8 Å². The molecule has 0 unspecified atom stereocenters. The third-order valence-electron chi connectivity index (χ3n) is 4.34. The zero-order valence-electron chi connectivity index (χ0n) is 15.8. The van der Waals surface area contributed by atoms with Gasteiger partial charge in [0.25, 0.3) is 0 Å². The van der Waals surface area contributed by atoms with Crippen LogP contribution in [-0.4, -0.2) is 30.3 Å². The summed E-state index contributed by atoms with van der Waals surface area (Å²) in [4.78, 5) is 25.9.